The van der Waals surface area contributed by atoms with Gasteiger partial charge < -0.3 is 10.6 Å². The van der Waals surface area contributed by atoms with Crippen LogP contribution < -0.4 is 10.6 Å². The highest BCUT2D eigenvalue weighted by atomic mass is 16.2. The topological polar surface area (TPSA) is 41.1 Å². The highest BCUT2D eigenvalue weighted by Crippen LogP contribution is 1.96. The largest absolute Gasteiger partial charge is 0.351 e. The number of rotatable bonds is 7. The Bertz CT molecular complexity index is 180. The fourth-order valence-electron chi connectivity index (χ4n) is 1.34. The maximum Gasteiger partial charge on any atom is 0.237 e. The number of hydrogen-bond acceptors (Lipinski definition) is 2. The third-order valence-corrected chi connectivity index (χ3v) is 2.07. The molecule has 0 saturated heterocycles. The van der Waals surface area contributed by atoms with Crippen LogP contribution in [0, 0.1) is 0 Å². The van der Waals surface area contributed by atoms with Crippen molar-refractivity contribution in [1.29, 1.82) is 0 Å². The highest BCUT2D eigenvalue weighted by molar-refractivity contribution is 5.81. The van der Waals surface area contributed by atoms with Crippen LogP contribution in [0.1, 0.15) is 33.6 Å². The van der Waals surface area contributed by atoms with Gasteiger partial charge in [-0.05, 0) is 20.3 Å². The third kappa shape index (κ3) is 5.75. The first-order valence-electron chi connectivity index (χ1n) is 5.26. The Labute approximate surface area is 87.0 Å². The van der Waals surface area contributed by atoms with E-state index >= 15 is 0 Å². The minimum atomic E-state index is -0.128. The lowest BCUT2D eigenvalue weighted by atomic mass is 10.1. The summed E-state index contributed by atoms with van der Waals surface area (Å²) >= 11 is 0. The Balaban J connectivity index is 3.75. The van der Waals surface area contributed by atoms with Gasteiger partial charge in [-0.3, -0.25) is 4.79 Å². The Morgan fingerprint density at radius 1 is 1.50 bits per heavy atom. The van der Waals surface area contributed by atoms with Gasteiger partial charge in [0.1, 0.15) is 0 Å². The fraction of sp³-hybridized carbons (Fsp3) is 0.727. The summed E-state index contributed by atoms with van der Waals surface area (Å²) in [7, 11) is 0. The molecule has 2 atom stereocenters. The van der Waals surface area contributed by atoms with E-state index in [2.05, 4.69) is 31.1 Å². The molecule has 82 valence electrons. The van der Waals surface area contributed by atoms with Crippen molar-refractivity contribution in [2.24, 2.45) is 0 Å². The number of carbonyl (C=O) groups excluding carboxylic acids is 1. The van der Waals surface area contributed by atoms with Crippen LogP contribution in [0.5, 0.6) is 0 Å². The summed E-state index contributed by atoms with van der Waals surface area (Å²) in [6, 6.07) is 0.265. The van der Waals surface area contributed by atoms with E-state index in [4.69, 9.17) is 0 Å². The molecule has 2 N–H and O–H groups in total. The van der Waals surface area contributed by atoms with Crippen molar-refractivity contribution in [1.82, 2.24) is 10.6 Å². The van der Waals surface area contributed by atoms with Gasteiger partial charge >= 0.3 is 0 Å². The molecular weight excluding hydrogens is 176 g/mol. The van der Waals surface area contributed by atoms with E-state index in [0.29, 0.717) is 12.6 Å². The molecule has 0 aliphatic rings. The van der Waals surface area contributed by atoms with Gasteiger partial charge in [-0.1, -0.05) is 19.4 Å². The van der Waals surface area contributed by atoms with Gasteiger partial charge in [-0.15, -0.1) is 6.58 Å². The molecule has 3 heteroatoms. The van der Waals surface area contributed by atoms with Gasteiger partial charge in [0.25, 0.3) is 0 Å². The lowest BCUT2D eigenvalue weighted by Crippen LogP contribution is -2.45. The molecule has 0 rings (SSSR count). The molecule has 0 radical (unpaired) electrons. The standard InChI is InChI=1S/C11H22N2O/c1-5-7-9(3)13-10(4)11(14)12-8-6-2/h6,9-10,13H,2,5,7-8H2,1,3-4H3,(H,12,14). The van der Waals surface area contributed by atoms with Gasteiger partial charge in [0.15, 0.2) is 0 Å². The van der Waals surface area contributed by atoms with Crippen LogP contribution in [-0.4, -0.2) is 24.5 Å². The van der Waals surface area contributed by atoms with Gasteiger partial charge in [0.2, 0.25) is 5.91 Å². The van der Waals surface area contributed by atoms with Crippen molar-refractivity contribution in [2.45, 2.75) is 45.7 Å². The monoisotopic (exact) mass is 198 g/mol. The summed E-state index contributed by atoms with van der Waals surface area (Å²) in [6.45, 7) is 10.2. The zero-order chi connectivity index (χ0) is 11.0. The van der Waals surface area contributed by atoms with Crippen LogP contribution in [0.3, 0.4) is 0 Å². The van der Waals surface area contributed by atoms with Crippen LogP contribution >= 0.6 is 0 Å². The lowest BCUT2D eigenvalue weighted by molar-refractivity contribution is -0.122. The molecule has 0 spiro atoms. The number of carbonyl (C=O) groups is 1. The number of nitrogens with one attached hydrogen (secondary N) is 2. The van der Waals surface area contributed by atoms with Crippen LogP contribution in [0.4, 0.5) is 0 Å². The van der Waals surface area contributed by atoms with Gasteiger partial charge in [0, 0.05) is 12.6 Å². The minimum absolute atomic E-state index is 0.0350. The Morgan fingerprint density at radius 2 is 2.14 bits per heavy atom. The molecule has 0 bridgehead atoms. The second kappa shape index (κ2) is 7.56. The van der Waals surface area contributed by atoms with Gasteiger partial charge in [-0.25, -0.2) is 0 Å². The van der Waals surface area contributed by atoms with Crippen LogP contribution in [0.2, 0.25) is 0 Å². The summed E-state index contributed by atoms with van der Waals surface area (Å²) in [5.74, 6) is 0.0350. The molecule has 1 amide bonds. The zero-order valence-electron chi connectivity index (χ0n) is 9.47. The molecule has 0 aromatic carbocycles. The highest BCUT2D eigenvalue weighted by Gasteiger charge is 2.13. The Hall–Kier alpha value is -0.830. The summed E-state index contributed by atoms with van der Waals surface area (Å²) in [5.41, 5.74) is 0. The van der Waals surface area contributed by atoms with E-state index in [9.17, 15) is 4.79 Å². The first kappa shape index (κ1) is 13.2. The maximum absolute atomic E-state index is 11.4. The molecule has 2 unspecified atom stereocenters. The molecule has 3 nitrogen and oxygen atoms in total. The van der Waals surface area contributed by atoms with Crippen molar-refractivity contribution < 1.29 is 4.79 Å². The summed E-state index contributed by atoms with van der Waals surface area (Å²) < 4.78 is 0. The van der Waals surface area contributed by atoms with Crippen molar-refractivity contribution in [3.63, 3.8) is 0 Å². The molecule has 0 fully saturated rings. The molecule has 0 aromatic rings. The summed E-state index contributed by atoms with van der Waals surface area (Å²) in [4.78, 5) is 11.4. The Morgan fingerprint density at radius 3 is 2.64 bits per heavy atom. The molecule has 0 aliphatic carbocycles. The smallest absolute Gasteiger partial charge is 0.237 e. The second-order valence-electron chi connectivity index (χ2n) is 3.61. The average Bonchev–Trinajstić information content (AvgIpc) is 2.14. The lowest BCUT2D eigenvalue weighted by Gasteiger charge is -2.18. The van der Waals surface area contributed by atoms with Crippen LogP contribution in [0.15, 0.2) is 12.7 Å². The van der Waals surface area contributed by atoms with Crippen molar-refractivity contribution >= 4 is 5.91 Å². The average molecular weight is 198 g/mol. The van der Waals surface area contributed by atoms with E-state index in [0.717, 1.165) is 12.8 Å². The van der Waals surface area contributed by atoms with Crippen molar-refractivity contribution in [3.8, 4) is 0 Å². The van der Waals surface area contributed by atoms with Crippen molar-refractivity contribution in [2.75, 3.05) is 6.54 Å². The first-order valence-corrected chi connectivity index (χ1v) is 5.26. The molecule has 0 aliphatic heterocycles. The number of hydrogen-bond donors (Lipinski definition) is 2. The molecule has 0 aromatic heterocycles. The van der Waals surface area contributed by atoms with Crippen LogP contribution in [0.25, 0.3) is 0 Å². The molecule has 0 heterocycles. The first-order chi connectivity index (χ1) is 6.61. The second-order valence-corrected chi connectivity index (χ2v) is 3.61. The van der Waals surface area contributed by atoms with Crippen LogP contribution in [-0.2, 0) is 4.79 Å². The summed E-state index contributed by atoms with van der Waals surface area (Å²) in [6.07, 6.45) is 3.91. The summed E-state index contributed by atoms with van der Waals surface area (Å²) in [5, 5.41) is 6.00. The third-order valence-electron chi connectivity index (χ3n) is 2.07. The molecule has 0 saturated carbocycles. The van der Waals surface area contributed by atoms with Gasteiger partial charge in [-0.2, -0.15) is 0 Å². The van der Waals surface area contributed by atoms with Crippen molar-refractivity contribution in [3.05, 3.63) is 12.7 Å². The normalized spacial score (nSPS) is 14.5. The molecule has 14 heavy (non-hydrogen) atoms. The van der Waals surface area contributed by atoms with Gasteiger partial charge in [0.05, 0.1) is 6.04 Å². The SMILES string of the molecule is C=CCNC(=O)C(C)NC(C)CCC. The van der Waals surface area contributed by atoms with E-state index in [1.807, 2.05) is 6.92 Å². The molecular formula is C11H22N2O. The number of amides is 1. The maximum atomic E-state index is 11.4. The predicted octanol–water partition coefficient (Wildman–Crippen LogP) is 1.46. The predicted molar refractivity (Wildman–Crippen MR) is 60.2 cm³/mol. The Kier molecular flexibility index (Phi) is 7.11. The fourth-order valence-corrected chi connectivity index (χ4v) is 1.34. The zero-order valence-corrected chi connectivity index (χ0v) is 9.47. The van der Waals surface area contributed by atoms with E-state index in [1.165, 1.54) is 0 Å². The minimum Gasteiger partial charge on any atom is -0.351 e. The quantitative estimate of drug-likeness (QED) is 0.608. The van der Waals surface area contributed by atoms with E-state index in [-0.39, 0.29) is 11.9 Å². The van der Waals surface area contributed by atoms with E-state index in [1.54, 1.807) is 6.08 Å². The van der Waals surface area contributed by atoms with E-state index < -0.39 is 0 Å².